The lowest BCUT2D eigenvalue weighted by molar-refractivity contribution is 0.0998. The van der Waals surface area contributed by atoms with Crippen molar-refractivity contribution < 1.29 is 9.21 Å². The minimum atomic E-state index is -0.354. The molecule has 22 heavy (non-hydrogen) atoms. The van der Waals surface area contributed by atoms with Gasteiger partial charge in [0.1, 0.15) is 11.3 Å². The van der Waals surface area contributed by atoms with Gasteiger partial charge in [0.25, 0.3) is 5.91 Å². The summed E-state index contributed by atoms with van der Waals surface area (Å²) in [5.41, 5.74) is 1.97. The fourth-order valence-electron chi connectivity index (χ4n) is 1.88. The topological polar surface area (TPSA) is 80.9 Å². The number of nitrogens with zero attached hydrogens (tertiary/aromatic N) is 3. The van der Waals surface area contributed by atoms with E-state index in [2.05, 4.69) is 19.7 Å². The van der Waals surface area contributed by atoms with E-state index in [0.29, 0.717) is 22.1 Å². The van der Waals surface area contributed by atoms with Gasteiger partial charge in [-0.25, -0.2) is 9.97 Å². The standard InChI is InChI=1S/C15H16N4O2S/c1-8-5-6-10-9(16-8)7-11(21-10)12(20)17-14-18-13(19-22-14)15(2,3)4/h5-7H,1-4H3,(H,17,18,19,20). The van der Waals surface area contributed by atoms with Crippen molar-refractivity contribution >= 4 is 33.7 Å². The Morgan fingerprint density at radius 1 is 1.27 bits per heavy atom. The number of furan rings is 1. The fourth-order valence-corrected chi connectivity index (χ4v) is 2.63. The van der Waals surface area contributed by atoms with Crippen LogP contribution < -0.4 is 5.32 Å². The number of rotatable bonds is 2. The van der Waals surface area contributed by atoms with E-state index in [4.69, 9.17) is 4.42 Å². The summed E-state index contributed by atoms with van der Waals surface area (Å²) in [6.07, 6.45) is 0. The summed E-state index contributed by atoms with van der Waals surface area (Å²) in [6.45, 7) is 7.96. The lowest BCUT2D eigenvalue weighted by Gasteiger charge is -2.12. The fraction of sp³-hybridized carbons (Fsp3) is 0.333. The minimum absolute atomic E-state index is 0.152. The van der Waals surface area contributed by atoms with Gasteiger partial charge in [-0.05, 0) is 19.1 Å². The molecule has 7 heteroatoms. The van der Waals surface area contributed by atoms with Crippen molar-refractivity contribution in [3.63, 3.8) is 0 Å². The quantitative estimate of drug-likeness (QED) is 0.782. The van der Waals surface area contributed by atoms with E-state index in [1.165, 1.54) is 0 Å². The SMILES string of the molecule is Cc1ccc2oc(C(=O)Nc3nc(C(C)(C)C)ns3)cc2n1. The lowest BCUT2D eigenvalue weighted by Crippen LogP contribution is -2.14. The summed E-state index contributed by atoms with van der Waals surface area (Å²) in [5.74, 6) is 0.558. The predicted octanol–water partition coefficient (Wildman–Crippen LogP) is 3.54. The number of hydrogen-bond donors (Lipinski definition) is 1. The largest absolute Gasteiger partial charge is 0.449 e. The molecule has 0 radical (unpaired) electrons. The van der Waals surface area contributed by atoms with Crippen LogP contribution >= 0.6 is 11.5 Å². The predicted molar refractivity (Wildman–Crippen MR) is 85.3 cm³/mol. The maximum Gasteiger partial charge on any atom is 0.293 e. The zero-order valence-corrected chi connectivity index (χ0v) is 13.6. The highest BCUT2D eigenvalue weighted by molar-refractivity contribution is 7.09. The number of aryl methyl sites for hydroxylation is 1. The van der Waals surface area contributed by atoms with Crippen LogP contribution in [0.2, 0.25) is 0 Å². The maximum atomic E-state index is 12.2. The summed E-state index contributed by atoms with van der Waals surface area (Å²) >= 11 is 1.16. The van der Waals surface area contributed by atoms with Crippen LogP contribution in [0.15, 0.2) is 22.6 Å². The second-order valence-corrected chi connectivity index (χ2v) is 6.83. The molecule has 0 aliphatic rings. The van der Waals surface area contributed by atoms with Crippen molar-refractivity contribution in [2.45, 2.75) is 33.1 Å². The van der Waals surface area contributed by atoms with Crippen molar-refractivity contribution in [2.75, 3.05) is 5.32 Å². The number of carbonyl (C=O) groups excluding carboxylic acids is 1. The number of anilines is 1. The smallest absolute Gasteiger partial charge is 0.293 e. The van der Waals surface area contributed by atoms with Crippen molar-refractivity contribution in [1.82, 2.24) is 14.3 Å². The molecule has 0 aliphatic heterocycles. The molecule has 3 aromatic heterocycles. The van der Waals surface area contributed by atoms with E-state index >= 15 is 0 Å². The van der Waals surface area contributed by atoms with Gasteiger partial charge >= 0.3 is 0 Å². The highest BCUT2D eigenvalue weighted by atomic mass is 32.1. The normalized spacial score (nSPS) is 11.8. The molecule has 3 rings (SSSR count). The Labute approximate surface area is 131 Å². The number of fused-ring (bicyclic) bond motifs is 1. The molecular weight excluding hydrogens is 300 g/mol. The van der Waals surface area contributed by atoms with Crippen molar-refractivity contribution in [1.29, 1.82) is 0 Å². The Balaban J connectivity index is 1.82. The molecule has 0 saturated carbocycles. The van der Waals surface area contributed by atoms with Crippen LogP contribution in [0.1, 0.15) is 42.8 Å². The number of hydrogen-bond acceptors (Lipinski definition) is 6. The van der Waals surface area contributed by atoms with Crippen molar-refractivity contribution in [2.24, 2.45) is 0 Å². The third kappa shape index (κ3) is 2.85. The van der Waals surface area contributed by atoms with Gasteiger partial charge in [-0.3, -0.25) is 10.1 Å². The number of aromatic nitrogens is 3. The Morgan fingerprint density at radius 3 is 2.73 bits per heavy atom. The summed E-state index contributed by atoms with van der Waals surface area (Å²) < 4.78 is 9.77. The summed E-state index contributed by atoms with van der Waals surface area (Å²) in [7, 11) is 0. The Hall–Kier alpha value is -2.28. The first-order valence-electron chi connectivity index (χ1n) is 6.86. The summed E-state index contributed by atoms with van der Waals surface area (Å²) in [6, 6.07) is 5.27. The van der Waals surface area contributed by atoms with Gasteiger partial charge in [0, 0.05) is 28.7 Å². The van der Waals surface area contributed by atoms with E-state index in [1.807, 2.05) is 33.8 Å². The van der Waals surface area contributed by atoms with Gasteiger partial charge in [0.15, 0.2) is 11.3 Å². The van der Waals surface area contributed by atoms with Gasteiger partial charge in [0.05, 0.1) is 0 Å². The second kappa shape index (κ2) is 5.17. The molecule has 0 spiro atoms. The molecule has 0 bridgehead atoms. The maximum absolute atomic E-state index is 12.2. The van der Waals surface area contributed by atoms with Gasteiger partial charge < -0.3 is 4.42 Å². The first kappa shape index (κ1) is 14.6. The first-order valence-corrected chi connectivity index (χ1v) is 7.63. The molecule has 1 amide bonds. The van der Waals surface area contributed by atoms with E-state index in [0.717, 1.165) is 17.2 Å². The molecule has 6 nitrogen and oxygen atoms in total. The van der Waals surface area contributed by atoms with Crippen LogP contribution in [-0.4, -0.2) is 20.2 Å². The van der Waals surface area contributed by atoms with E-state index in [1.54, 1.807) is 12.1 Å². The first-order chi connectivity index (χ1) is 10.3. The molecule has 0 unspecified atom stereocenters. The molecule has 1 N–H and O–H groups in total. The van der Waals surface area contributed by atoms with E-state index in [9.17, 15) is 4.79 Å². The Morgan fingerprint density at radius 2 is 2.05 bits per heavy atom. The van der Waals surface area contributed by atoms with Crippen LogP contribution in [-0.2, 0) is 5.41 Å². The Kier molecular flexibility index (Phi) is 3.44. The molecule has 0 aliphatic carbocycles. The summed E-state index contributed by atoms with van der Waals surface area (Å²) in [4.78, 5) is 20.9. The van der Waals surface area contributed by atoms with E-state index in [-0.39, 0.29) is 17.1 Å². The zero-order chi connectivity index (χ0) is 15.9. The van der Waals surface area contributed by atoms with Crippen molar-refractivity contribution in [3.05, 3.63) is 35.5 Å². The van der Waals surface area contributed by atoms with Crippen LogP contribution in [0.4, 0.5) is 5.13 Å². The molecule has 0 fully saturated rings. The highest BCUT2D eigenvalue weighted by Crippen LogP contribution is 2.24. The number of carbonyl (C=O) groups is 1. The minimum Gasteiger partial charge on any atom is -0.449 e. The zero-order valence-electron chi connectivity index (χ0n) is 12.8. The second-order valence-electron chi connectivity index (χ2n) is 6.07. The van der Waals surface area contributed by atoms with E-state index < -0.39 is 0 Å². The Bertz CT molecular complexity index is 845. The van der Waals surface area contributed by atoms with Crippen LogP contribution in [0.5, 0.6) is 0 Å². The van der Waals surface area contributed by atoms with Gasteiger partial charge in [-0.1, -0.05) is 20.8 Å². The third-order valence-electron chi connectivity index (χ3n) is 3.05. The van der Waals surface area contributed by atoms with Gasteiger partial charge in [-0.2, -0.15) is 4.37 Å². The molecule has 0 atom stereocenters. The summed E-state index contributed by atoms with van der Waals surface area (Å²) in [5, 5.41) is 3.17. The molecule has 0 aromatic carbocycles. The number of pyridine rings is 1. The monoisotopic (exact) mass is 316 g/mol. The van der Waals surface area contributed by atoms with Crippen molar-refractivity contribution in [3.8, 4) is 0 Å². The van der Waals surface area contributed by atoms with Crippen LogP contribution in [0.25, 0.3) is 11.1 Å². The average Bonchev–Trinajstić information content (AvgIpc) is 3.03. The molecule has 114 valence electrons. The highest BCUT2D eigenvalue weighted by Gasteiger charge is 2.21. The molecule has 3 aromatic rings. The van der Waals surface area contributed by atoms with Gasteiger partial charge in [0.2, 0.25) is 5.13 Å². The molecule has 3 heterocycles. The number of nitrogens with one attached hydrogen (secondary N) is 1. The van der Waals surface area contributed by atoms with Gasteiger partial charge in [-0.15, -0.1) is 0 Å². The molecular formula is C15H16N4O2S. The molecule has 0 saturated heterocycles. The average molecular weight is 316 g/mol. The van der Waals surface area contributed by atoms with Crippen LogP contribution in [0, 0.1) is 6.92 Å². The lowest BCUT2D eigenvalue weighted by atomic mass is 9.96. The third-order valence-corrected chi connectivity index (χ3v) is 3.68. The number of amides is 1. The van der Waals surface area contributed by atoms with Crippen LogP contribution in [0.3, 0.4) is 0 Å².